The van der Waals surface area contributed by atoms with Crippen LogP contribution < -0.4 is 16.8 Å². The lowest BCUT2D eigenvalue weighted by atomic mass is 9.83. The average Bonchev–Trinajstić information content (AvgIpc) is 2.85. The van der Waals surface area contributed by atoms with Gasteiger partial charge in [-0.15, -0.1) is 0 Å². The molecule has 0 heterocycles. The normalized spacial score (nSPS) is 16.4. The molecule has 1 aromatic rings. The predicted molar refractivity (Wildman–Crippen MR) is 81.4 cm³/mol. The number of fused-ring (bicyclic) bond motifs is 1. The maximum absolute atomic E-state index is 5.83. The van der Waals surface area contributed by atoms with Crippen LogP contribution in [0.5, 0.6) is 0 Å². The van der Waals surface area contributed by atoms with E-state index in [1.54, 1.807) is 5.56 Å². The van der Waals surface area contributed by atoms with Crippen molar-refractivity contribution in [2.45, 2.75) is 44.6 Å². The van der Waals surface area contributed by atoms with E-state index in [2.05, 4.69) is 37.4 Å². The first-order valence-electron chi connectivity index (χ1n) is 7.31. The van der Waals surface area contributed by atoms with E-state index in [4.69, 9.17) is 11.5 Å². The van der Waals surface area contributed by atoms with Gasteiger partial charge in [0.2, 0.25) is 0 Å². The fourth-order valence-electron chi connectivity index (χ4n) is 2.75. The van der Waals surface area contributed by atoms with E-state index in [-0.39, 0.29) is 11.5 Å². The van der Waals surface area contributed by atoms with E-state index in [0.717, 1.165) is 13.1 Å². The Hall–Kier alpha value is -0.900. The zero-order valence-electron chi connectivity index (χ0n) is 12.2. The molecule has 2 rings (SSSR count). The zero-order chi connectivity index (χ0) is 13.9. The molecule has 0 aliphatic heterocycles. The van der Waals surface area contributed by atoms with Gasteiger partial charge in [-0.25, -0.2) is 0 Å². The first kappa shape index (κ1) is 14.5. The van der Waals surface area contributed by atoms with Gasteiger partial charge in [0, 0.05) is 31.1 Å². The lowest BCUT2D eigenvalue weighted by molar-refractivity contribution is 0.453. The van der Waals surface area contributed by atoms with Crippen molar-refractivity contribution in [1.82, 2.24) is 5.32 Å². The van der Waals surface area contributed by atoms with Crippen LogP contribution in [-0.2, 0) is 18.3 Å². The SMILES string of the molecule is CC(C)(CNCC(N)CN)c1ccc2c(c1)CCC2. The van der Waals surface area contributed by atoms with Crippen LogP contribution in [0.15, 0.2) is 18.2 Å². The minimum Gasteiger partial charge on any atom is -0.329 e. The molecule has 106 valence electrons. The molecule has 3 heteroatoms. The molecule has 1 aliphatic carbocycles. The van der Waals surface area contributed by atoms with Gasteiger partial charge >= 0.3 is 0 Å². The van der Waals surface area contributed by atoms with Gasteiger partial charge < -0.3 is 16.8 Å². The van der Waals surface area contributed by atoms with Crippen molar-refractivity contribution in [3.8, 4) is 0 Å². The molecular weight excluding hydrogens is 234 g/mol. The number of hydrogen-bond donors (Lipinski definition) is 3. The maximum Gasteiger partial charge on any atom is 0.0290 e. The average molecular weight is 261 g/mol. The molecule has 0 saturated heterocycles. The molecular formula is C16H27N3. The van der Waals surface area contributed by atoms with Gasteiger partial charge in [0.05, 0.1) is 0 Å². The Kier molecular flexibility index (Phi) is 4.61. The van der Waals surface area contributed by atoms with Crippen LogP contribution in [0.1, 0.15) is 37.0 Å². The Labute approximate surface area is 116 Å². The summed E-state index contributed by atoms with van der Waals surface area (Å²) in [6, 6.07) is 7.04. The van der Waals surface area contributed by atoms with E-state index < -0.39 is 0 Å². The smallest absolute Gasteiger partial charge is 0.0290 e. The molecule has 3 nitrogen and oxygen atoms in total. The Bertz CT molecular complexity index is 426. The third-order valence-electron chi connectivity index (χ3n) is 4.16. The van der Waals surface area contributed by atoms with Crippen LogP contribution in [0, 0.1) is 0 Å². The van der Waals surface area contributed by atoms with Crippen LogP contribution in [0.3, 0.4) is 0 Å². The standard InChI is InChI=1S/C16H27N3/c1-16(2,11-19-10-15(18)9-17)14-7-6-12-4-3-5-13(12)8-14/h6-8,15,19H,3-5,9-11,17-18H2,1-2H3. The molecule has 5 N–H and O–H groups in total. The summed E-state index contributed by atoms with van der Waals surface area (Å²) in [6.45, 7) is 6.81. The highest BCUT2D eigenvalue weighted by molar-refractivity contribution is 5.38. The van der Waals surface area contributed by atoms with Gasteiger partial charge in [0.1, 0.15) is 0 Å². The highest BCUT2D eigenvalue weighted by Gasteiger charge is 2.22. The summed E-state index contributed by atoms with van der Waals surface area (Å²) in [5.41, 5.74) is 16.0. The van der Waals surface area contributed by atoms with Gasteiger partial charge in [0.25, 0.3) is 0 Å². The second-order valence-electron chi connectivity index (χ2n) is 6.35. The molecule has 1 atom stereocenters. The van der Waals surface area contributed by atoms with Gasteiger partial charge in [-0.1, -0.05) is 32.0 Å². The molecule has 19 heavy (non-hydrogen) atoms. The summed E-state index contributed by atoms with van der Waals surface area (Å²) in [5.74, 6) is 0. The number of rotatable bonds is 6. The molecule has 1 unspecified atom stereocenters. The Morgan fingerprint density at radius 1 is 1.26 bits per heavy atom. The second-order valence-corrected chi connectivity index (χ2v) is 6.35. The van der Waals surface area contributed by atoms with Crippen LogP contribution in [0.25, 0.3) is 0 Å². The van der Waals surface area contributed by atoms with Gasteiger partial charge in [0.15, 0.2) is 0 Å². The third kappa shape index (κ3) is 3.56. The van der Waals surface area contributed by atoms with Crippen molar-refractivity contribution in [2.75, 3.05) is 19.6 Å². The van der Waals surface area contributed by atoms with E-state index >= 15 is 0 Å². The second kappa shape index (κ2) is 6.04. The summed E-state index contributed by atoms with van der Waals surface area (Å²) in [4.78, 5) is 0. The first-order chi connectivity index (χ1) is 9.03. The maximum atomic E-state index is 5.83. The van der Waals surface area contributed by atoms with Crippen molar-refractivity contribution in [3.63, 3.8) is 0 Å². The molecule has 0 fully saturated rings. The summed E-state index contributed by atoms with van der Waals surface area (Å²) in [6.07, 6.45) is 3.80. The molecule has 0 amide bonds. The monoisotopic (exact) mass is 261 g/mol. The zero-order valence-corrected chi connectivity index (χ0v) is 12.2. The van der Waals surface area contributed by atoms with E-state index in [9.17, 15) is 0 Å². The molecule has 0 bridgehead atoms. The van der Waals surface area contributed by atoms with Crippen molar-refractivity contribution in [1.29, 1.82) is 0 Å². The molecule has 0 saturated carbocycles. The fourth-order valence-corrected chi connectivity index (χ4v) is 2.75. The summed E-state index contributed by atoms with van der Waals surface area (Å²) in [7, 11) is 0. The van der Waals surface area contributed by atoms with Crippen molar-refractivity contribution >= 4 is 0 Å². The molecule has 1 aliphatic rings. The Morgan fingerprint density at radius 3 is 2.74 bits per heavy atom. The van der Waals surface area contributed by atoms with Gasteiger partial charge in [-0.3, -0.25) is 0 Å². The first-order valence-corrected chi connectivity index (χ1v) is 7.31. The largest absolute Gasteiger partial charge is 0.329 e. The highest BCUT2D eigenvalue weighted by Crippen LogP contribution is 2.29. The molecule has 1 aromatic carbocycles. The fraction of sp³-hybridized carbons (Fsp3) is 0.625. The van der Waals surface area contributed by atoms with Crippen LogP contribution in [0.2, 0.25) is 0 Å². The number of hydrogen-bond acceptors (Lipinski definition) is 3. The lowest BCUT2D eigenvalue weighted by Gasteiger charge is -2.27. The number of benzene rings is 1. The van der Waals surface area contributed by atoms with E-state index in [1.165, 1.54) is 30.4 Å². The minimum absolute atomic E-state index is 0.0517. The van der Waals surface area contributed by atoms with E-state index in [0.29, 0.717) is 6.54 Å². The topological polar surface area (TPSA) is 64.1 Å². The molecule has 0 spiro atoms. The highest BCUT2D eigenvalue weighted by atomic mass is 14.9. The number of aryl methyl sites for hydroxylation is 2. The molecule has 0 aromatic heterocycles. The Balaban J connectivity index is 1.98. The van der Waals surface area contributed by atoms with Crippen molar-refractivity contribution < 1.29 is 0 Å². The van der Waals surface area contributed by atoms with Crippen molar-refractivity contribution in [2.24, 2.45) is 11.5 Å². The predicted octanol–water partition coefficient (Wildman–Crippen LogP) is 1.33. The summed E-state index contributed by atoms with van der Waals surface area (Å²) in [5, 5.41) is 3.44. The van der Waals surface area contributed by atoms with Crippen molar-refractivity contribution in [3.05, 3.63) is 34.9 Å². The minimum atomic E-state index is 0.0517. The quantitative estimate of drug-likeness (QED) is 0.724. The Morgan fingerprint density at radius 2 is 2.00 bits per heavy atom. The van der Waals surface area contributed by atoms with Crippen LogP contribution >= 0.6 is 0 Å². The number of nitrogens with one attached hydrogen (secondary N) is 1. The van der Waals surface area contributed by atoms with Gasteiger partial charge in [-0.2, -0.15) is 0 Å². The third-order valence-corrected chi connectivity index (χ3v) is 4.16. The van der Waals surface area contributed by atoms with Gasteiger partial charge in [-0.05, 0) is 36.0 Å². The lowest BCUT2D eigenvalue weighted by Crippen LogP contribution is -2.43. The van der Waals surface area contributed by atoms with Crippen LogP contribution in [-0.4, -0.2) is 25.7 Å². The summed E-state index contributed by atoms with van der Waals surface area (Å²) >= 11 is 0. The number of nitrogens with two attached hydrogens (primary N) is 2. The molecule has 0 radical (unpaired) electrons. The van der Waals surface area contributed by atoms with Crippen LogP contribution in [0.4, 0.5) is 0 Å². The van der Waals surface area contributed by atoms with E-state index in [1.807, 2.05) is 0 Å². The summed E-state index contributed by atoms with van der Waals surface area (Å²) < 4.78 is 0.